The molecule has 6 heteroatoms. The molecule has 0 saturated heterocycles. The Labute approximate surface area is 251 Å². The third-order valence-electron chi connectivity index (χ3n) is 7.66. The lowest BCUT2D eigenvalue weighted by molar-refractivity contribution is -0.862. The molecule has 5 rings (SSSR count). The van der Waals surface area contributed by atoms with Gasteiger partial charge >= 0.3 is 0 Å². The molecule has 2 aliphatic rings. The average Bonchev–Trinajstić information content (AvgIpc) is 3.52. The van der Waals surface area contributed by atoms with Crippen LogP contribution in [0, 0.1) is 23.7 Å². The minimum Gasteiger partial charge on any atom is -0.354 e. The summed E-state index contributed by atoms with van der Waals surface area (Å²) in [5, 5.41) is 0. The van der Waals surface area contributed by atoms with Gasteiger partial charge in [-0.15, -0.1) is 0 Å². The molecule has 42 heavy (non-hydrogen) atoms. The second kappa shape index (κ2) is 10.5. The van der Waals surface area contributed by atoms with Gasteiger partial charge in [0.2, 0.25) is 0 Å². The first kappa shape index (κ1) is 29.6. The van der Waals surface area contributed by atoms with Crippen molar-refractivity contribution in [2.45, 2.75) is 51.4 Å². The second-order valence-corrected chi connectivity index (χ2v) is 15.3. The minimum absolute atomic E-state index is 0.0928. The minimum atomic E-state index is -0.0928. The van der Waals surface area contributed by atoms with Crippen molar-refractivity contribution in [3.63, 3.8) is 0 Å². The maximum atomic E-state index is 5.13. The van der Waals surface area contributed by atoms with Crippen LogP contribution in [-0.2, 0) is 23.7 Å². The van der Waals surface area contributed by atoms with E-state index in [9.17, 15) is 0 Å². The maximum Gasteiger partial charge on any atom is 0.140 e. The number of nitrogens with one attached hydrogen (secondary N) is 2. The van der Waals surface area contributed by atoms with Crippen LogP contribution in [0.4, 0.5) is 0 Å². The molecule has 2 N–H and O–H groups in total. The van der Waals surface area contributed by atoms with Crippen molar-refractivity contribution in [1.82, 2.24) is 19.9 Å². The van der Waals surface area contributed by atoms with E-state index in [4.69, 9.17) is 9.97 Å². The zero-order valence-electron chi connectivity index (χ0n) is 27.1. The van der Waals surface area contributed by atoms with E-state index in [1.807, 2.05) is 0 Å². The molecule has 2 aliphatic heterocycles. The van der Waals surface area contributed by atoms with Gasteiger partial charge in [0.05, 0.1) is 64.4 Å². The Bertz CT molecular complexity index is 1680. The van der Waals surface area contributed by atoms with Crippen molar-refractivity contribution in [3.05, 3.63) is 70.3 Å². The van der Waals surface area contributed by atoms with Crippen LogP contribution >= 0.6 is 0 Å². The van der Waals surface area contributed by atoms with E-state index < -0.39 is 0 Å². The van der Waals surface area contributed by atoms with Crippen molar-refractivity contribution < 1.29 is 8.97 Å². The number of hydrogen-bond acceptors (Lipinski definition) is 2. The predicted molar refractivity (Wildman–Crippen MR) is 174 cm³/mol. The third kappa shape index (κ3) is 6.96. The molecular weight excluding hydrogens is 516 g/mol. The highest BCUT2D eigenvalue weighted by atomic mass is 15.3. The molecule has 0 atom stereocenters. The smallest absolute Gasteiger partial charge is 0.140 e. The lowest BCUT2D eigenvalue weighted by atomic mass is 9.87. The van der Waals surface area contributed by atoms with Gasteiger partial charge in [-0.3, -0.25) is 9.97 Å². The quantitative estimate of drug-likeness (QED) is 0.322. The molecule has 6 nitrogen and oxygen atoms in total. The number of H-pyrrole nitrogens is 2. The summed E-state index contributed by atoms with van der Waals surface area (Å²) in [6, 6.07) is 13.0. The van der Waals surface area contributed by atoms with E-state index >= 15 is 0 Å². The van der Waals surface area contributed by atoms with Crippen molar-refractivity contribution in [3.8, 4) is 23.7 Å². The molecule has 3 aromatic rings. The molecule has 218 valence electrons. The molecule has 0 unspecified atom stereocenters. The Morgan fingerprint density at radius 1 is 0.619 bits per heavy atom. The Morgan fingerprint density at radius 2 is 1.00 bits per heavy atom. The summed E-state index contributed by atoms with van der Waals surface area (Å²) in [6.45, 7) is 10.6. The summed E-state index contributed by atoms with van der Waals surface area (Å²) in [5.74, 6) is 13.7. The van der Waals surface area contributed by atoms with Gasteiger partial charge < -0.3 is 18.9 Å². The summed E-state index contributed by atoms with van der Waals surface area (Å²) >= 11 is 0. The highest BCUT2D eigenvalue weighted by Crippen LogP contribution is 2.33. The van der Waals surface area contributed by atoms with E-state index in [2.05, 4.69) is 140 Å². The largest absolute Gasteiger partial charge is 0.354 e. The van der Waals surface area contributed by atoms with Gasteiger partial charge in [0, 0.05) is 57.5 Å². The maximum absolute atomic E-state index is 5.13. The molecule has 8 bridgehead atoms. The molecule has 0 saturated carbocycles. The van der Waals surface area contributed by atoms with Crippen LogP contribution in [0.3, 0.4) is 0 Å². The number of rotatable bonds is 2. The molecule has 0 fully saturated rings. The van der Waals surface area contributed by atoms with Gasteiger partial charge in [0.15, 0.2) is 0 Å². The van der Waals surface area contributed by atoms with Gasteiger partial charge in [0.1, 0.15) is 13.1 Å². The standard InChI is InChI=1S/C36H46N6/c1-35(2)23-29-19-31-26(14-12-16-42(8,9)10)18-28(38-31)22-34-36(3,4)24-30(40-34)20-32-25(13-11-15-41(5,6)7)17-27(37-32)21-33(35)39-29/h17-22,37-38H,15-16,23-24H2,1-10H3/q+2. The van der Waals surface area contributed by atoms with Gasteiger partial charge in [-0.2, -0.15) is 0 Å². The van der Waals surface area contributed by atoms with Gasteiger partial charge in [-0.1, -0.05) is 39.5 Å². The molecule has 0 aromatic carbocycles. The fourth-order valence-corrected chi connectivity index (χ4v) is 5.35. The molecule has 0 aliphatic carbocycles. The van der Waals surface area contributed by atoms with Crippen LogP contribution in [0.5, 0.6) is 0 Å². The lowest BCUT2D eigenvalue weighted by Gasteiger charge is -2.19. The van der Waals surface area contributed by atoms with Crippen LogP contribution < -0.4 is 0 Å². The normalized spacial score (nSPS) is 15.9. The van der Waals surface area contributed by atoms with E-state index in [1.54, 1.807) is 0 Å². The highest BCUT2D eigenvalue weighted by Gasteiger charge is 2.30. The number of hydrogen-bond donors (Lipinski definition) is 2. The summed E-state index contributed by atoms with van der Waals surface area (Å²) in [5.41, 5.74) is 10.1. The SMILES string of the molecule is CC1(C)Cc2cc3[nH]c(cc4nc(cc5[nH]c(cc1n2)cc5C#CC[N+](C)(C)C)CC4(C)C)cc3C#CC[N+](C)(C)C. The zero-order valence-corrected chi connectivity index (χ0v) is 27.1. The van der Waals surface area contributed by atoms with E-state index in [-0.39, 0.29) is 10.8 Å². The number of aromatic amines is 2. The second-order valence-electron chi connectivity index (χ2n) is 15.3. The van der Waals surface area contributed by atoms with Crippen LogP contribution in [0.2, 0.25) is 0 Å². The van der Waals surface area contributed by atoms with Crippen molar-refractivity contribution in [2.75, 3.05) is 55.4 Å². The van der Waals surface area contributed by atoms with Gasteiger partial charge in [-0.25, -0.2) is 0 Å². The zero-order chi connectivity index (χ0) is 30.5. The molecule has 0 amide bonds. The monoisotopic (exact) mass is 562 g/mol. The Balaban J connectivity index is 1.79. The predicted octanol–water partition coefficient (Wildman–Crippen LogP) is 5.47. The Kier molecular flexibility index (Phi) is 7.38. The van der Waals surface area contributed by atoms with Gasteiger partial charge in [-0.05, 0) is 48.2 Å². The van der Waals surface area contributed by atoms with Gasteiger partial charge in [0.25, 0.3) is 0 Å². The lowest BCUT2D eigenvalue weighted by Crippen LogP contribution is -2.34. The van der Waals surface area contributed by atoms with Crippen LogP contribution in [0.25, 0.3) is 22.1 Å². The number of fused-ring (bicyclic) bond motifs is 8. The third-order valence-corrected chi connectivity index (χ3v) is 7.66. The fraction of sp³-hybridized carbons (Fsp3) is 0.444. The summed E-state index contributed by atoms with van der Waals surface area (Å²) < 4.78 is 1.60. The first-order chi connectivity index (χ1) is 19.5. The van der Waals surface area contributed by atoms with E-state index in [0.29, 0.717) is 0 Å². The molecule has 3 aromatic heterocycles. The fourth-order valence-electron chi connectivity index (χ4n) is 5.35. The molecule has 0 radical (unpaired) electrons. The Hall–Kier alpha value is -3.84. The average molecular weight is 563 g/mol. The summed E-state index contributed by atoms with van der Waals surface area (Å²) in [6.07, 6.45) is 1.71. The topological polar surface area (TPSA) is 57.4 Å². The van der Waals surface area contributed by atoms with E-state index in [0.717, 1.165) is 90.9 Å². The first-order valence-corrected chi connectivity index (χ1v) is 14.8. The van der Waals surface area contributed by atoms with Crippen LogP contribution in [-0.4, -0.2) is 84.3 Å². The van der Waals surface area contributed by atoms with Crippen molar-refractivity contribution >= 4 is 22.1 Å². The molecule has 5 heterocycles. The first-order valence-electron chi connectivity index (χ1n) is 14.8. The molecule has 0 spiro atoms. The van der Waals surface area contributed by atoms with Crippen LogP contribution in [0.15, 0.2) is 36.4 Å². The Morgan fingerprint density at radius 3 is 1.36 bits per heavy atom. The number of quaternary nitrogens is 2. The summed E-state index contributed by atoms with van der Waals surface area (Å²) in [7, 11) is 13.0. The number of nitrogens with zero attached hydrogens (tertiary/aromatic N) is 4. The molecular formula is C36H46N6+2. The van der Waals surface area contributed by atoms with Crippen molar-refractivity contribution in [1.29, 1.82) is 0 Å². The van der Waals surface area contributed by atoms with E-state index in [1.165, 1.54) is 0 Å². The van der Waals surface area contributed by atoms with Crippen molar-refractivity contribution in [2.24, 2.45) is 0 Å². The summed E-state index contributed by atoms with van der Waals surface area (Å²) in [4.78, 5) is 17.5. The number of aromatic nitrogens is 4. The highest BCUT2D eigenvalue weighted by molar-refractivity contribution is 5.73. The van der Waals surface area contributed by atoms with Crippen LogP contribution in [0.1, 0.15) is 61.6 Å².